The molecule has 1 heterocycles. The molecule has 2 amide bonds. The van der Waals surface area contributed by atoms with Gasteiger partial charge in [0.05, 0.1) is 10.9 Å². The van der Waals surface area contributed by atoms with Crippen molar-refractivity contribution in [2.24, 2.45) is 0 Å². The standard InChI is InChI=1S/C16H15BrN2O3S/c1-19(16(21)22-2)12-5-3-11(4-6-12)18-15(20)10-8-13-7-9-14(17)23-13/h3-10H,1-2H3,(H,18,20)/b10-8+. The number of anilines is 2. The molecule has 0 aliphatic rings. The summed E-state index contributed by atoms with van der Waals surface area (Å²) in [6, 6.07) is 10.8. The Hall–Kier alpha value is -2.12. The number of nitrogens with one attached hydrogen (secondary N) is 1. The van der Waals surface area contributed by atoms with Crippen molar-refractivity contribution >= 4 is 56.7 Å². The van der Waals surface area contributed by atoms with Crippen LogP contribution in [-0.2, 0) is 9.53 Å². The highest BCUT2D eigenvalue weighted by molar-refractivity contribution is 9.11. The van der Waals surface area contributed by atoms with E-state index in [2.05, 4.69) is 26.0 Å². The van der Waals surface area contributed by atoms with Gasteiger partial charge in [0.2, 0.25) is 5.91 Å². The van der Waals surface area contributed by atoms with Crippen LogP contribution in [0, 0.1) is 0 Å². The normalized spacial score (nSPS) is 10.6. The average molecular weight is 395 g/mol. The van der Waals surface area contributed by atoms with E-state index in [1.54, 1.807) is 48.7 Å². The van der Waals surface area contributed by atoms with Crippen LogP contribution in [0.5, 0.6) is 0 Å². The summed E-state index contributed by atoms with van der Waals surface area (Å²) in [7, 11) is 2.94. The number of benzene rings is 1. The van der Waals surface area contributed by atoms with Crippen LogP contribution in [0.4, 0.5) is 16.2 Å². The molecule has 1 N–H and O–H groups in total. The van der Waals surface area contributed by atoms with Gasteiger partial charge in [0.15, 0.2) is 0 Å². The van der Waals surface area contributed by atoms with Crippen LogP contribution < -0.4 is 10.2 Å². The van der Waals surface area contributed by atoms with Crippen molar-refractivity contribution in [2.75, 3.05) is 24.4 Å². The first-order chi connectivity index (χ1) is 11.0. The highest BCUT2D eigenvalue weighted by Gasteiger charge is 2.10. The van der Waals surface area contributed by atoms with Crippen molar-refractivity contribution < 1.29 is 14.3 Å². The van der Waals surface area contributed by atoms with Crippen molar-refractivity contribution in [1.82, 2.24) is 0 Å². The Kier molecular flexibility index (Phi) is 5.95. The molecule has 0 bridgehead atoms. The van der Waals surface area contributed by atoms with Crippen LogP contribution in [0.2, 0.25) is 0 Å². The van der Waals surface area contributed by atoms with Gasteiger partial charge in [-0.2, -0.15) is 0 Å². The van der Waals surface area contributed by atoms with Crippen molar-refractivity contribution in [3.8, 4) is 0 Å². The number of ether oxygens (including phenoxy) is 1. The van der Waals surface area contributed by atoms with Crippen LogP contribution in [0.1, 0.15) is 4.88 Å². The first-order valence-electron chi connectivity index (χ1n) is 6.66. The highest BCUT2D eigenvalue weighted by Crippen LogP contribution is 2.23. The topological polar surface area (TPSA) is 58.6 Å². The molecule has 0 saturated carbocycles. The number of rotatable bonds is 4. The van der Waals surface area contributed by atoms with Gasteiger partial charge in [-0.1, -0.05) is 0 Å². The van der Waals surface area contributed by atoms with Crippen molar-refractivity contribution in [3.05, 3.63) is 51.1 Å². The van der Waals surface area contributed by atoms with Gasteiger partial charge < -0.3 is 10.1 Å². The molecule has 0 spiro atoms. The third-order valence-corrected chi connectivity index (χ3v) is 4.55. The SMILES string of the molecule is COC(=O)N(C)c1ccc(NC(=O)/C=C/c2ccc(Br)s2)cc1. The predicted molar refractivity (Wildman–Crippen MR) is 96.9 cm³/mol. The number of hydrogen-bond donors (Lipinski definition) is 1. The molecule has 5 nitrogen and oxygen atoms in total. The van der Waals surface area contributed by atoms with Gasteiger partial charge in [-0.25, -0.2) is 4.79 Å². The Morgan fingerprint density at radius 1 is 1.22 bits per heavy atom. The third-order valence-electron chi connectivity index (χ3n) is 2.96. The number of amides is 2. The van der Waals surface area contributed by atoms with E-state index in [4.69, 9.17) is 0 Å². The van der Waals surface area contributed by atoms with Gasteiger partial charge in [-0.05, 0) is 58.4 Å². The summed E-state index contributed by atoms with van der Waals surface area (Å²) in [6.45, 7) is 0. The lowest BCUT2D eigenvalue weighted by molar-refractivity contribution is -0.111. The van der Waals surface area contributed by atoms with E-state index in [0.717, 1.165) is 8.66 Å². The zero-order valence-electron chi connectivity index (χ0n) is 12.6. The molecule has 23 heavy (non-hydrogen) atoms. The smallest absolute Gasteiger partial charge is 0.413 e. The second kappa shape index (κ2) is 7.94. The minimum absolute atomic E-state index is 0.219. The lowest BCUT2D eigenvalue weighted by atomic mass is 10.2. The largest absolute Gasteiger partial charge is 0.452 e. The monoisotopic (exact) mass is 394 g/mol. The number of hydrogen-bond acceptors (Lipinski definition) is 4. The molecule has 0 radical (unpaired) electrons. The molecular formula is C16H15BrN2O3S. The number of carbonyl (C=O) groups is 2. The summed E-state index contributed by atoms with van der Waals surface area (Å²) < 4.78 is 5.66. The lowest BCUT2D eigenvalue weighted by Crippen LogP contribution is -2.25. The maximum Gasteiger partial charge on any atom is 0.413 e. The number of carbonyl (C=O) groups excluding carboxylic acids is 2. The van der Waals surface area contributed by atoms with Crippen LogP contribution in [0.25, 0.3) is 6.08 Å². The molecule has 0 atom stereocenters. The van der Waals surface area contributed by atoms with Crippen molar-refractivity contribution in [2.45, 2.75) is 0 Å². The summed E-state index contributed by atoms with van der Waals surface area (Å²) >= 11 is 4.92. The molecule has 0 aliphatic carbocycles. The second-order valence-electron chi connectivity index (χ2n) is 4.54. The van der Waals surface area contributed by atoms with Crippen molar-refractivity contribution in [3.63, 3.8) is 0 Å². The second-order valence-corrected chi connectivity index (χ2v) is 7.03. The van der Waals surface area contributed by atoms with Crippen LogP contribution in [0.15, 0.2) is 46.3 Å². The molecule has 2 aromatic rings. The molecule has 0 aliphatic heterocycles. The van der Waals surface area contributed by atoms with Gasteiger partial charge in [0, 0.05) is 29.4 Å². The van der Waals surface area contributed by atoms with E-state index in [1.807, 2.05) is 12.1 Å². The number of nitrogens with zero attached hydrogens (tertiary/aromatic N) is 1. The van der Waals surface area contributed by atoms with Gasteiger partial charge in [0.1, 0.15) is 0 Å². The van der Waals surface area contributed by atoms with Gasteiger partial charge >= 0.3 is 6.09 Å². The maximum absolute atomic E-state index is 11.9. The van der Waals surface area contributed by atoms with Gasteiger partial charge in [-0.3, -0.25) is 9.69 Å². The Bertz CT molecular complexity index is 725. The first kappa shape index (κ1) is 17.2. The summed E-state index contributed by atoms with van der Waals surface area (Å²) in [5.74, 6) is -0.219. The average Bonchev–Trinajstić information content (AvgIpc) is 2.97. The fourth-order valence-electron chi connectivity index (χ4n) is 1.77. The Balaban J connectivity index is 1.96. The van der Waals surface area contributed by atoms with E-state index >= 15 is 0 Å². The minimum Gasteiger partial charge on any atom is -0.452 e. The first-order valence-corrected chi connectivity index (χ1v) is 8.26. The summed E-state index contributed by atoms with van der Waals surface area (Å²) in [5, 5.41) is 2.76. The molecule has 1 aromatic carbocycles. The minimum atomic E-state index is -0.452. The Morgan fingerprint density at radius 2 is 1.91 bits per heavy atom. The number of thiophene rings is 1. The maximum atomic E-state index is 11.9. The molecular weight excluding hydrogens is 380 g/mol. The van der Waals surface area contributed by atoms with Gasteiger partial charge in [0.25, 0.3) is 0 Å². The number of methoxy groups -OCH3 is 1. The molecule has 0 saturated heterocycles. The van der Waals surface area contributed by atoms with Crippen LogP contribution >= 0.6 is 27.3 Å². The molecule has 1 aromatic heterocycles. The summed E-state index contributed by atoms with van der Waals surface area (Å²) in [6.07, 6.45) is 2.78. The zero-order valence-corrected chi connectivity index (χ0v) is 15.0. The fourth-order valence-corrected chi connectivity index (χ4v) is 3.10. The van der Waals surface area contributed by atoms with E-state index in [1.165, 1.54) is 18.1 Å². The highest BCUT2D eigenvalue weighted by atomic mass is 79.9. The summed E-state index contributed by atoms with van der Waals surface area (Å²) in [4.78, 5) is 25.7. The Labute approximate surface area is 146 Å². The van der Waals surface area contributed by atoms with E-state index < -0.39 is 6.09 Å². The van der Waals surface area contributed by atoms with E-state index in [0.29, 0.717) is 11.4 Å². The molecule has 0 fully saturated rings. The number of halogens is 1. The van der Waals surface area contributed by atoms with Crippen LogP contribution in [0.3, 0.4) is 0 Å². The Morgan fingerprint density at radius 3 is 2.48 bits per heavy atom. The predicted octanol–water partition coefficient (Wildman–Crippen LogP) is 4.37. The van der Waals surface area contributed by atoms with Crippen molar-refractivity contribution in [1.29, 1.82) is 0 Å². The van der Waals surface area contributed by atoms with E-state index in [9.17, 15) is 9.59 Å². The summed E-state index contributed by atoms with van der Waals surface area (Å²) in [5.41, 5.74) is 1.32. The third kappa shape index (κ3) is 4.94. The molecule has 2 rings (SSSR count). The molecule has 7 heteroatoms. The van der Waals surface area contributed by atoms with E-state index in [-0.39, 0.29) is 5.91 Å². The zero-order chi connectivity index (χ0) is 16.8. The quantitative estimate of drug-likeness (QED) is 0.783. The van der Waals surface area contributed by atoms with Crippen LogP contribution in [-0.4, -0.2) is 26.2 Å². The lowest BCUT2D eigenvalue weighted by Gasteiger charge is -2.15. The fraction of sp³-hybridized carbons (Fsp3) is 0.125. The molecule has 120 valence electrons. The molecule has 0 unspecified atom stereocenters. The van der Waals surface area contributed by atoms with Gasteiger partial charge in [-0.15, -0.1) is 11.3 Å².